The standard InChI is InChI=1S/C13H21N5O2/c1-3-13(6-4-5-7-13)8-15-12-10(18(19)20)11(14-2)16-9-17-12/h9H,3-8H2,1-2H3,(H2,14,15,16,17). The minimum Gasteiger partial charge on any atom is -0.367 e. The molecule has 1 saturated carbocycles. The monoisotopic (exact) mass is 279 g/mol. The smallest absolute Gasteiger partial charge is 0.353 e. The van der Waals surface area contributed by atoms with Crippen molar-refractivity contribution in [3.63, 3.8) is 0 Å². The van der Waals surface area contributed by atoms with Gasteiger partial charge >= 0.3 is 5.69 Å². The Kier molecular flexibility index (Phi) is 4.36. The molecule has 0 amide bonds. The fourth-order valence-corrected chi connectivity index (χ4v) is 2.92. The van der Waals surface area contributed by atoms with Crippen molar-refractivity contribution in [2.24, 2.45) is 5.41 Å². The van der Waals surface area contributed by atoms with Crippen LogP contribution in [0.3, 0.4) is 0 Å². The van der Waals surface area contributed by atoms with E-state index < -0.39 is 4.92 Å². The van der Waals surface area contributed by atoms with E-state index in [2.05, 4.69) is 27.5 Å². The van der Waals surface area contributed by atoms with Crippen molar-refractivity contribution in [2.45, 2.75) is 39.0 Å². The van der Waals surface area contributed by atoms with Gasteiger partial charge in [0.25, 0.3) is 0 Å². The molecule has 0 aromatic carbocycles. The van der Waals surface area contributed by atoms with Crippen LogP contribution in [-0.4, -0.2) is 28.5 Å². The first kappa shape index (κ1) is 14.5. The maximum Gasteiger partial charge on any atom is 0.353 e. The van der Waals surface area contributed by atoms with Gasteiger partial charge in [-0.2, -0.15) is 0 Å². The zero-order chi connectivity index (χ0) is 14.6. The van der Waals surface area contributed by atoms with E-state index in [-0.39, 0.29) is 16.9 Å². The minimum atomic E-state index is -0.443. The normalized spacial score (nSPS) is 16.9. The summed E-state index contributed by atoms with van der Waals surface area (Å²) in [4.78, 5) is 18.7. The number of rotatable bonds is 6. The molecule has 20 heavy (non-hydrogen) atoms. The molecule has 2 rings (SSSR count). The van der Waals surface area contributed by atoms with Gasteiger partial charge in [0.1, 0.15) is 6.33 Å². The molecule has 0 radical (unpaired) electrons. The van der Waals surface area contributed by atoms with Crippen LogP contribution in [0.4, 0.5) is 17.3 Å². The van der Waals surface area contributed by atoms with Crippen molar-refractivity contribution in [2.75, 3.05) is 24.2 Å². The van der Waals surface area contributed by atoms with Crippen LogP contribution in [0.15, 0.2) is 6.33 Å². The minimum absolute atomic E-state index is 0.0840. The summed E-state index contributed by atoms with van der Waals surface area (Å²) in [5.41, 5.74) is 0.165. The highest BCUT2D eigenvalue weighted by molar-refractivity contribution is 5.69. The summed E-state index contributed by atoms with van der Waals surface area (Å²) in [7, 11) is 1.61. The highest BCUT2D eigenvalue weighted by Crippen LogP contribution is 2.41. The van der Waals surface area contributed by atoms with Crippen molar-refractivity contribution >= 4 is 17.3 Å². The third kappa shape index (κ3) is 2.81. The van der Waals surface area contributed by atoms with Gasteiger partial charge < -0.3 is 10.6 Å². The number of hydrogen-bond donors (Lipinski definition) is 2. The Balaban J connectivity index is 2.19. The predicted molar refractivity (Wildman–Crippen MR) is 77.9 cm³/mol. The third-order valence-electron chi connectivity index (χ3n) is 4.29. The third-order valence-corrected chi connectivity index (χ3v) is 4.29. The van der Waals surface area contributed by atoms with Crippen LogP contribution in [-0.2, 0) is 0 Å². The molecule has 0 bridgehead atoms. The van der Waals surface area contributed by atoms with Gasteiger partial charge in [0.15, 0.2) is 0 Å². The van der Waals surface area contributed by atoms with E-state index in [1.807, 2.05) is 0 Å². The number of aromatic nitrogens is 2. The summed E-state index contributed by atoms with van der Waals surface area (Å²) in [5.74, 6) is 0.540. The Bertz CT molecular complexity index is 486. The average Bonchev–Trinajstić information content (AvgIpc) is 2.93. The lowest BCUT2D eigenvalue weighted by Crippen LogP contribution is -2.26. The summed E-state index contributed by atoms with van der Waals surface area (Å²) in [6.45, 7) is 2.91. The molecule has 0 aliphatic heterocycles. The fraction of sp³-hybridized carbons (Fsp3) is 0.692. The first-order valence-corrected chi connectivity index (χ1v) is 7.03. The molecule has 1 aliphatic carbocycles. The van der Waals surface area contributed by atoms with E-state index >= 15 is 0 Å². The van der Waals surface area contributed by atoms with Crippen LogP contribution >= 0.6 is 0 Å². The molecular weight excluding hydrogens is 258 g/mol. The number of anilines is 2. The molecule has 0 atom stereocenters. The number of hydrogen-bond acceptors (Lipinski definition) is 6. The zero-order valence-electron chi connectivity index (χ0n) is 12.0. The molecule has 0 saturated heterocycles. The lowest BCUT2D eigenvalue weighted by Gasteiger charge is -2.27. The summed E-state index contributed by atoms with van der Waals surface area (Å²) in [6, 6.07) is 0. The van der Waals surface area contributed by atoms with Crippen molar-refractivity contribution in [1.29, 1.82) is 0 Å². The summed E-state index contributed by atoms with van der Waals surface area (Å²) in [5, 5.41) is 17.1. The Labute approximate surface area is 118 Å². The molecule has 7 nitrogen and oxygen atoms in total. The van der Waals surface area contributed by atoms with Gasteiger partial charge in [-0.05, 0) is 24.7 Å². The molecule has 0 unspecified atom stereocenters. The van der Waals surface area contributed by atoms with E-state index in [9.17, 15) is 10.1 Å². The first-order valence-electron chi connectivity index (χ1n) is 7.03. The predicted octanol–water partition coefficient (Wildman–Crippen LogP) is 2.81. The number of nitrogens with one attached hydrogen (secondary N) is 2. The molecule has 1 fully saturated rings. The van der Waals surface area contributed by atoms with Crippen LogP contribution in [0.25, 0.3) is 0 Å². The second-order valence-corrected chi connectivity index (χ2v) is 5.34. The van der Waals surface area contributed by atoms with Gasteiger partial charge in [0, 0.05) is 13.6 Å². The van der Waals surface area contributed by atoms with Crippen molar-refractivity contribution < 1.29 is 4.92 Å². The first-order chi connectivity index (χ1) is 9.62. The highest BCUT2D eigenvalue weighted by atomic mass is 16.6. The summed E-state index contributed by atoms with van der Waals surface area (Å²) in [6.07, 6.45) is 7.25. The Hall–Kier alpha value is -1.92. The maximum atomic E-state index is 11.2. The van der Waals surface area contributed by atoms with E-state index in [1.165, 1.54) is 32.0 Å². The van der Waals surface area contributed by atoms with Crippen LogP contribution in [0.1, 0.15) is 39.0 Å². The number of nitrogens with zero attached hydrogens (tertiary/aromatic N) is 3. The van der Waals surface area contributed by atoms with Gasteiger partial charge in [-0.15, -0.1) is 0 Å². The van der Waals surface area contributed by atoms with Crippen LogP contribution < -0.4 is 10.6 Å². The fourth-order valence-electron chi connectivity index (χ4n) is 2.92. The topological polar surface area (TPSA) is 93.0 Å². The van der Waals surface area contributed by atoms with Crippen LogP contribution in [0, 0.1) is 15.5 Å². The maximum absolute atomic E-state index is 11.2. The highest BCUT2D eigenvalue weighted by Gasteiger charge is 2.33. The van der Waals surface area contributed by atoms with E-state index in [1.54, 1.807) is 7.05 Å². The van der Waals surface area contributed by atoms with Crippen molar-refractivity contribution in [3.05, 3.63) is 16.4 Å². The van der Waals surface area contributed by atoms with Crippen molar-refractivity contribution in [3.8, 4) is 0 Å². The second-order valence-electron chi connectivity index (χ2n) is 5.34. The van der Waals surface area contributed by atoms with Gasteiger partial charge in [-0.25, -0.2) is 9.97 Å². The van der Waals surface area contributed by atoms with Crippen LogP contribution in [0.5, 0.6) is 0 Å². The van der Waals surface area contributed by atoms with Gasteiger partial charge in [0.2, 0.25) is 11.6 Å². The molecule has 1 heterocycles. The molecule has 110 valence electrons. The van der Waals surface area contributed by atoms with Gasteiger partial charge in [0.05, 0.1) is 4.92 Å². The van der Waals surface area contributed by atoms with E-state index in [0.717, 1.165) is 13.0 Å². The van der Waals surface area contributed by atoms with Gasteiger partial charge in [-0.3, -0.25) is 10.1 Å². The Morgan fingerprint density at radius 3 is 2.55 bits per heavy atom. The molecule has 1 aliphatic rings. The Morgan fingerprint density at radius 1 is 1.35 bits per heavy atom. The quantitative estimate of drug-likeness (QED) is 0.614. The molecular formula is C13H21N5O2. The lowest BCUT2D eigenvalue weighted by atomic mass is 9.83. The lowest BCUT2D eigenvalue weighted by molar-refractivity contribution is -0.383. The molecule has 0 spiro atoms. The SMILES string of the molecule is CCC1(CNc2ncnc(NC)c2[N+](=O)[O-])CCCC1. The molecule has 1 aromatic heterocycles. The summed E-state index contributed by atoms with van der Waals surface area (Å²) < 4.78 is 0. The van der Waals surface area contributed by atoms with E-state index in [0.29, 0.717) is 5.82 Å². The second kappa shape index (κ2) is 6.02. The number of nitro groups is 1. The average molecular weight is 279 g/mol. The van der Waals surface area contributed by atoms with Crippen LogP contribution in [0.2, 0.25) is 0 Å². The van der Waals surface area contributed by atoms with Crippen molar-refractivity contribution in [1.82, 2.24) is 9.97 Å². The molecule has 1 aromatic rings. The molecule has 2 N–H and O–H groups in total. The largest absolute Gasteiger partial charge is 0.367 e. The zero-order valence-corrected chi connectivity index (χ0v) is 12.0. The van der Waals surface area contributed by atoms with Gasteiger partial charge in [-0.1, -0.05) is 19.8 Å². The van der Waals surface area contributed by atoms with E-state index in [4.69, 9.17) is 0 Å². The molecule has 7 heteroatoms. The Morgan fingerprint density at radius 2 is 2.00 bits per heavy atom. The summed E-state index contributed by atoms with van der Waals surface area (Å²) >= 11 is 0.